The van der Waals surface area contributed by atoms with Gasteiger partial charge in [0.05, 0.1) is 12.1 Å². The third-order valence-electron chi connectivity index (χ3n) is 3.43. The van der Waals surface area contributed by atoms with Gasteiger partial charge in [0.15, 0.2) is 0 Å². The van der Waals surface area contributed by atoms with Crippen LogP contribution < -0.4 is 4.74 Å². The molecule has 2 aromatic rings. The summed E-state index contributed by atoms with van der Waals surface area (Å²) in [5.41, 5.74) is 0.753. The Bertz CT molecular complexity index is 843. The molecule has 0 unspecified atom stereocenters. The molecule has 24 heavy (non-hydrogen) atoms. The van der Waals surface area contributed by atoms with Crippen molar-refractivity contribution in [2.45, 2.75) is 16.3 Å². The summed E-state index contributed by atoms with van der Waals surface area (Å²) in [6.45, 7) is 0.111. The van der Waals surface area contributed by atoms with Gasteiger partial charge < -0.3 is 4.74 Å². The number of rotatable bonds is 6. The number of benzene rings is 2. The molecule has 0 bridgehead atoms. The van der Waals surface area contributed by atoms with Gasteiger partial charge in [0, 0.05) is 18.5 Å². The summed E-state index contributed by atoms with van der Waals surface area (Å²) < 4.78 is 45.1. The molecule has 130 valence electrons. The normalized spacial score (nSPS) is 11.8. The Morgan fingerprint density at radius 3 is 2.58 bits per heavy atom. The van der Waals surface area contributed by atoms with E-state index in [1.54, 1.807) is 13.2 Å². The molecule has 0 aliphatic heterocycles. The highest BCUT2D eigenvalue weighted by atomic mass is 35.5. The van der Waals surface area contributed by atoms with Crippen molar-refractivity contribution in [1.82, 2.24) is 4.31 Å². The summed E-state index contributed by atoms with van der Waals surface area (Å²) in [6, 6.07) is 8.75. The monoisotopic (exact) mass is 389 g/mol. The van der Waals surface area contributed by atoms with Gasteiger partial charge in [-0.1, -0.05) is 17.7 Å². The van der Waals surface area contributed by atoms with E-state index in [9.17, 15) is 12.8 Å². The fourth-order valence-corrected chi connectivity index (χ4v) is 4.35. The first-order valence-corrected chi connectivity index (χ1v) is 9.96. The molecule has 0 aromatic heterocycles. The van der Waals surface area contributed by atoms with E-state index in [-0.39, 0.29) is 16.5 Å². The summed E-state index contributed by atoms with van der Waals surface area (Å²) in [4.78, 5) is 0.708. The van der Waals surface area contributed by atoms with Crippen LogP contribution in [0.15, 0.2) is 46.2 Å². The zero-order chi connectivity index (χ0) is 17.9. The van der Waals surface area contributed by atoms with Gasteiger partial charge in [-0.3, -0.25) is 0 Å². The summed E-state index contributed by atoms with van der Waals surface area (Å²) in [7, 11) is -0.927. The molecule has 0 spiro atoms. The zero-order valence-electron chi connectivity index (χ0n) is 13.4. The Labute approximate surface area is 150 Å². The van der Waals surface area contributed by atoms with Crippen LogP contribution in [0.1, 0.15) is 5.56 Å². The molecule has 0 heterocycles. The van der Waals surface area contributed by atoms with Crippen LogP contribution in [0.4, 0.5) is 4.39 Å². The van der Waals surface area contributed by atoms with E-state index in [1.807, 2.05) is 18.4 Å². The quantitative estimate of drug-likeness (QED) is 0.700. The molecule has 0 amide bonds. The minimum atomic E-state index is -3.91. The van der Waals surface area contributed by atoms with Gasteiger partial charge in [-0.25, -0.2) is 12.8 Å². The predicted molar refractivity (Wildman–Crippen MR) is 94.8 cm³/mol. The van der Waals surface area contributed by atoms with Crippen molar-refractivity contribution in [1.29, 1.82) is 0 Å². The number of hydrogen-bond donors (Lipinski definition) is 0. The van der Waals surface area contributed by atoms with Gasteiger partial charge >= 0.3 is 0 Å². The lowest BCUT2D eigenvalue weighted by Gasteiger charge is -2.19. The van der Waals surface area contributed by atoms with Crippen LogP contribution in [-0.4, -0.2) is 33.1 Å². The molecule has 0 radical (unpaired) electrons. The van der Waals surface area contributed by atoms with Crippen LogP contribution in [0.3, 0.4) is 0 Å². The Morgan fingerprint density at radius 1 is 1.25 bits per heavy atom. The standard InChI is InChI=1S/C16H17ClFNO3S2/c1-19(10-11-4-7-15(23-3)14(8-11)22-2)24(20,21)16-9-12(18)5-6-13(16)17/h4-9H,10H2,1-3H3. The maximum absolute atomic E-state index is 13.4. The summed E-state index contributed by atoms with van der Waals surface area (Å²) in [6.07, 6.45) is 1.93. The first-order valence-electron chi connectivity index (χ1n) is 6.92. The lowest BCUT2D eigenvalue weighted by molar-refractivity contribution is 0.402. The molecule has 0 aliphatic carbocycles. The van der Waals surface area contributed by atoms with Gasteiger partial charge in [0.2, 0.25) is 10.0 Å². The molecule has 0 saturated heterocycles. The van der Waals surface area contributed by atoms with Gasteiger partial charge in [-0.15, -0.1) is 11.8 Å². The molecular formula is C16H17ClFNO3S2. The van der Waals surface area contributed by atoms with Crippen LogP contribution in [0.2, 0.25) is 5.02 Å². The number of thioether (sulfide) groups is 1. The van der Waals surface area contributed by atoms with Gasteiger partial charge in [0.25, 0.3) is 0 Å². The second-order valence-electron chi connectivity index (χ2n) is 5.03. The van der Waals surface area contributed by atoms with E-state index in [4.69, 9.17) is 16.3 Å². The van der Waals surface area contributed by atoms with E-state index in [2.05, 4.69) is 0 Å². The molecule has 8 heteroatoms. The average molecular weight is 390 g/mol. The minimum absolute atomic E-state index is 0.0152. The van der Waals surface area contributed by atoms with Crippen LogP contribution >= 0.6 is 23.4 Å². The van der Waals surface area contributed by atoms with E-state index < -0.39 is 15.8 Å². The number of nitrogens with zero attached hydrogens (tertiary/aromatic N) is 1. The first kappa shape index (κ1) is 19.1. The topological polar surface area (TPSA) is 46.6 Å². The summed E-state index contributed by atoms with van der Waals surface area (Å²) in [5, 5.41) is -0.0152. The molecule has 0 N–H and O–H groups in total. The van der Waals surface area contributed by atoms with Gasteiger partial charge in [-0.2, -0.15) is 4.31 Å². The van der Waals surface area contributed by atoms with Crippen LogP contribution in [0.25, 0.3) is 0 Å². The minimum Gasteiger partial charge on any atom is -0.496 e. The fourth-order valence-electron chi connectivity index (χ4n) is 2.16. The molecule has 2 rings (SSSR count). The SMILES string of the molecule is COc1cc(CN(C)S(=O)(=O)c2cc(F)ccc2Cl)ccc1SC. The number of hydrogen-bond acceptors (Lipinski definition) is 4. The molecule has 0 fully saturated rings. The van der Waals surface area contributed by atoms with E-state index in [0.29, 0.717) is 5.75 Å². The first-order chi connectivity index (χ1) is 11.3. The largest absolute Gasteiger partial charge is 0.496 e. The van der Waals surface area contributed by atoms with Crippen molar-refractivity contribution >= 4 is 33.4 Å². The van der Waals surface area contributed by atoms with Crippen molar-refractivity contribution in [2.75, 3.05) is 20.4 Å². The highest BCUT2D eigenvalue weighted by molar-refractivity contribution is 7.98. The number of halogens is 2. The van der Waals surface area contributed by atoms with E-state index in [0.717, 1.165) is 26.9 Å². The molecule has 0 aliphatic rings. The van der Waals surface area contributed by atoms with E-state index in [1.165, 1.54) is 24.9 Å². The zero-order valence-corrected chi connectivity index (χ0v) is 15.8. The maximum atomic E-state index is 13.4. The van der Waals surface area contributed by atoms with Crippen molar-refractivity contribution in [2.24, 2.45) is 0 Å². The summed E-state index contributed by atoms with van der Waals surface area (Å²) >= 11 is 7.46. The predicted octanol–water partition coefficient (Wildman–Crippen LogP) is 4.03. The lowest BCUT2D eigenvalue weighted by Crippen LogP contribution is -2.26. The Morgan fingerprint density at radius 2 is 1.96 bits per heavy atom. The number of methoxy groups -OCH3 is 1. The van der Waals surface area contributed by atoms with Crippen molar-refractivity contribution < 1.29 is 17.5 Å². The molecule has 0 saturated carbocycles. The second kappa shape index (κ2) is 7.74. The highest BCUT2D eigenvalue weighted by Gasteiger charge is 2.24. The van der Waals surface area contributed by atoms with E-state index >= 15 is 0 Å². The molecule has 4 nitrogen and oxygen atoms in total. The maximum Gasteiger partial charge on any atom is 0.244 e. The molecule has 0 atom stereocenters. The Kier molecular flexibility index (Phi) is 6.14. The lowest BCUT2D eigenvalue weighted by atomic mass is 10.2. The van der Waals surface area contributed by atoms with Gasteiger partial charge in [-0.05, 0) is 42.2 Å². The molecule has 2 aromatic carbocycles. The third kappa shape index (κ3) is 4.03. The van der Waals surface area contributed by atoms with Crippen molar-refractivity contribution in [3.05, 3.63) is 52.8 Å². The number of ether oxygens (including phenoxy) is 1. The van der Waals surface area contributed by atoms with Crippen LogP contribution in [0, 0.1) is 5.82 Å². The Hall–Kier alpha value is -1.28. The van der Waals surface area contributed by atoms with Crippen molar-refractivity contribution in [3.63, 3.8) is 0 Å². The second-order valence-corrected chi connectivity index (χ2v) is 8.29. The molecular weight excluding hydrogens is 373 g/mol. The number of sulfonamides is 1. The Balaban J connectivity index is 2.31. The van der Waals surface area contributed by atoms with Crippen LogP contribution in [-0.2, 0) is 16.6 Å². The van der Waals surface area contributed by atoms with Gasteiger partial charge in [0.1, 0.15) is 16.5 Å². The average Bonchev–Trinajstić information content (AvgIpc) is 2.56. The van der Waals surface area contributed by atoms with Crippen molar-refractivity contribution in [3.8, 4) is 5.75 Å². The summed E-state index contributed by atoms with van der Waals surface area (Å²) in [5.74, 6) is 0.0203. The highest BCUT2D eigenvalue weighted by Crippen LogP contribution is 2.30. The smallest absolute Gasteiger partial charge is 0.244 e. The van der Waals surface area contributed by atoms with Crippen LogP contribution in [0.5, 0.6) is 5.75 Å². The third-order valence-corrected chi connectivity index (χ3v) is 6.50. The fraction of sp³-hybridized carbons (Fsp3) is 0.250.